The number of aliphatic carboxylic acids is 2. The van der Waals surface area contributed by atoms with Crippen LogP contribution in [0.4, 0.5) is 0 Å². The summed E-state index contributed by atoms with van der Waals surface area (Å²) in [6.07, 6.45) is -0.750. The van der Waals surface area contributed by atoms with Gasteiger partial charge in [-0.3, -0.25) is 9.59 Å². The fourth-order valence-corrected chi connectivity index (χ4v) is 1.04. The molecule has 11 heavy (non-hydrogen) atoms. The van der Waals surface area contributed by atoms with Crippen LogP contribution in [0.15, 0.2) is 0 Å². The van der Waals surface area contributed by atoms with Crippen molar-refractivity contribution in [3.8, 4) is 0 Å². The molecule has 1 unspecified atom stereocenters. The van der Waals surface area contributed by atoms with E-state index >= 15 is 0 Å². The molecule has 7 heteroatoms. The summed E-state index contributed by atoms with van der Waals surface area (Å²) in [6, 6.07) is 0. The predicted molar refractivity (Wildman–Crippen MR) is 33.5 cm³/mol. The van der Waals surface area contributed by atoms with E-state index in [1.165, 1.54) is 0 Å². The molecule has 0 bridgehead atoms. The van der Waals surface area contributed by atoms with Crippen molar-refractivity contribution in [2.45, 2.75) is 0 Å². The van der Waals surface area contributed by atoms with Crippen LogP contribution in [-0.4, -0.2) is 33.2 Å². The van der Waals surface area contributed by atoms with Gasteiger partial charge in [0.25, 0.3) is 0 Å². The molecular formula is C4H6O6P+. The minimum absolute atomic E-state index is 0.750. The van der Waals surface area contributed by atoms with E-state index in [9.17, 15) is 14.2 Å². The van der Waals surface area contributed by atoms with E-state index in [1.54, 1.807) is 0 Å². The third kappa shape index (κ3) is 3.64. The molecule has 0 aromatic rings. The summed E-state index contributed by atoms with van der Waals surface area (Å²) >= 11 is 0. The highest BCUT2D eigenvalue weighted by molar-refractivity contribution is 7.38. The van der Waals surface area contributed by atoms with Crippen molar-refractivity contribution in [3.63, 3.8) is 0 Å². The molecule has 0 spiro atoms. The quantitative estimate of drug-likeness (QED) is 0.398. The molecule has 0 aliphatic rings. The summed E-state index contributed by atoms with van der Waals surface area (Å²) in [5, 5.41) is 16.3. The average Bonchev–Trinajstić information content (AvgIpc) is 1.81. The van der Waals surface area contributed by atoms with Crippen molar-refractivity contribution in [1.82, 2.24) is 0 Å². The molecule has 3 N–H and O–H groups in total. The first kappa shape index (κ1) is 10.0. The van der Waals surface area contributed by atoms with Gasteiger partial charge in [-0.15, -0.1) is 0 Å². The van der Waals surface area contributed by atoms with Crippen LogP contribution in [-0.2, 0) is 14.2 Å². The molecule has 0 aliphatic carbocycles. The fourth-order valence-electron chi connectivity index (χ4n) is 0.418. The molecule has 0 aromatic carbocycles. The second-order valence-electron chi connectivity index (χ2n) is 1.76. The van der Waals surface area contributed by atoms with Crippen molar-refractivity contribution >= 4 is 20.0 Å². The number of hydrogen-bond donors (Lipinski definition) is 3. The van der Waals surface area contributed by atoms with Crippen LogP contribution >= 0.6 is 8.03 Å². The lowest BCUT2D eigenvalue weighted by Crippen LogP contribution is -2.25. The highest BCUT2D eigenvalue weighted by atomic mass is 31.1. The van der Waals surface area contributed by atoms with Crippen molar-refractivity contribution in [1.29, 1.82) is 0 Å². The van der Waals surface area contributed by atoms with Gasteiger partial charge in [-0.1, -0.05) is 0 Å². The minimum Gasteiger partial charge on any atom is -0.480 e. The molecule has 6 nitrogen and oxygen atoms in total. The first-order valence-electron chi connectivity index (χ1n) is 2.54. The van der Waals surface area contributed by atoms with Crippen molar-refractivity contribution in [3.05, 3.63) is 0 Å². The van der Waals surface area contributed by atoms with Gasteiger partial charge >= 0.3 is 20.0 Å². The van der Waals surface area contributed by atoms with E-state index in [2.05, 4.69) is 0 Å². The summed E-state index contributed by atoms with van der Waals surface area (Å²) in [6.45, 7) is 0. The van der Waals surface area contributed by atoms with E-state index in [0.717, 1.165) is 0 Å². The molecule has 0 heterocycles. The van der Waals surface area contributed by atoms with E-state index in [0.29, 0.717) is 0 Å². The van der Waals surface area contributed by atoms with E-state index < -0.39 is 32.0 Å². The number of hydrogen-bond acceptors (Lipinski definition) is 3. The molecule has 0 rings (SSSR count). The third-order valence-electron chi connectivity index (χ3n) is 0.935. The average molecular weight is 181 g/mol. The number of carboxylic acids is 2. The second kappa shape index (κ2) is 4.00. The predicted octanol–water partition coefficient (Wildman–Crippen LogP) is -0.493. The Kier molecular flexibility index (Phi) is 3.64. The largest absolute Gasteiger partial charge is 0.507 e. The Morgan fingerprint density at radius 1 is 1.27 bits per heavy atom. The van der Waals surface area contributed by atoms with Gasteiger partial charge in [0.1, 0.15) is 0 Å². The van der Waals surface area contributed by atoms with Gasteiger partial charge in [0.2, 0.25) is 6.16 Å². The number of carboxylic acid groups (broad SMARTS) is 2. The van der Waals surface area contributed by atoms with Crippen LogP contribution in [0, 0.1) is 5.92 Å². The van der Waals surface area contributed by atoms with E-state index in [1.807, 2.05) is 0 Å². The Bertz CT molecular complexity index is 185. The molecule has 1 atom stereocenters. The van der Waals surface area contributed by atoms with Crippen LogP contribution < -0.4 is 0 Å². The van der Waals surface area contributed by atoms with Crippen LogP contribution in [0.3, 0.4) is 0 Å². The summed E-state index contributed by atoms with van der Waals surface area (Å²) < 4.78 is 10.0. The smallest absolute Gasteiger partial charge is 0.480 e. The van der Waals surface area contributed by atoms with Crippen LogP contribution in [0.25, 0.3) is 0 Å². The normalized spacial score (nSPS) is 11.3. The Hall–Kier alpha value is -1.00. The van der Waals surface area contributed by atoms with Gasteiger partial charge in [-0.05, 0) is 4.57 Å². The molecule has 0 amide bonds. The van der Waals surface area contributed by atoms with Gasteiger partial charge in [0, 0.05) is 0 Å². The van der Waals surface area contributed by atoms with Crippen LogP contribution in [0.2, 0.25) is 0 Å². The topological polar surface area (TPSA) is 112 Å². The lowest BCUT2D eigenvalue weighted by atomic mass is 10.2. The summed E-state index contributed by atoms with van der Waals surface area (Å²) in [5.74, 6) is -4.99. The van der Waals surface area contributed by atoms with Crippen molar-refractivity contribution in [2.75, 3.05) is 6.16 Å². The Morgan fingerprint density at radius 3 is 1.73 bits per heavy atom. The standard InChI is InChI=1S/C4H5O6P/c5-3(6)2(4(7)8)1-11(9)10/h2H,1H2,(H2-,5,6,7,8,9,10)/p+1. The minimum atomic E-state index is -2.72. The van der Waals surface area contributed by atoms with Crippen molar-refractivity contribution in [2.24, 2.45) is 5.92 Å². The Balaban J connectivity index is 4.23. The van der Waals surface area contributed by atoms with Gasteiger partial charge in [-0.2, -0.15) is 4.89 Å². The highest BCUT2D eigenvalue weighted by Crippen LogP contribution is 2.18. The molecule has 0 aliphatic heterocycles. The third-order valence-corrected chi connectivity index (χ3v) is 1.61. The molecule has 62 valence electrons. The van der Waals surface area contributed by atoms with E-state index in [4.69, 9.17) is 15.1 Å². The van der Waals surface area contributed by atoms with Gasteiger partial charge < -0.3 is 10.2 Å². The zero-order valence-electron chi connectivity index (χ0n) is 5.30. The summed E-state index contributed by atoms with van der Waals surface area (Å²) in [7, 11) is -2.72. The second-order valence-corrected chi connectivity index (χ2v) is 2.83. The maximum atomic E-state index is 10.1. The maximum Gasteiger partial charge on any atom is 0.507 e. The first-order chi connectivity index (χ1) is 4.95. The van der Waals surface area contributed by atoms with E-state index in [-0.39, 0.29) is 0 Å². The number of carbonyl (C=O) groups is 2. The molecule has 0 aromatic heterocycles. The zero-order valence-corrected chi connectivity index (χ0v) is 6.19. The fraction of sp³-hybridized carbons (Fsp3) is 0.500. The SMILES string of the molecule is O=C(O)C(C[P+](=O)O)C(=O)O. The zero-order chi connectivity index (χ0) is 9.02. The van der Waals surface area contributed by atoms with Crippen molar-refractivity contribution < 1.29 is 29.3 Å². The highest BCUT2D eigenvalue weighted by Gasteiger charge is 2.34. The summed E-state index contributed by atoms with van der Waals surface area (Å²) in [5.41, 5.74) is 0. The van der Waals surface area contributed by atoms with Gasteiger partial charge in [-0.25, -0.2) is 0 Å². The molecule has 0 saturated heterocycles. The maximum absolute atomic E-state index is 10.1. The van der Waals surface area contributed by atoms with Crippen LogP contribution in [0.1, 0.15) is 0 Å². The Labute approximate surface area is 62.3 Å². The van der Waals surface area contributed by atoms with Gasteiger partial charge in [0.15, 0.2) is 5.92 Å². The molecule has 0 radical (unpaired) electrons. The molecule has 0 saturated carbocycles. The lowest BCUT2D eigenvalue weighted by molar-refractivity contribution is -0.153. The van der Waals surface area contributed by atoms with Crippen LogP contribution in [0.5, 0.6) is 0 Å². The Morgan fingerprint density at radius 2 is 1.64 bits per heavy atom. The molecule has 0 fully saturated rings. The molecular weight excluding hydrogens is 175 g/mol. The van der Waals surface area contributed by atoms with Gasteiger partial charge in [0.05, 0.1) is 0 Å². The lowest BCUT2D eigenvalue weighted by Gasteiger charge is -1.96. The first-order valence-corrected chi connectivity index (χ1v) is 3.94. The monoisotopic (exact) mass is 181 g/mol. The summed E-state index contributed by atoms with van der Waals surface area (Å²) in [4.78, 5) is 28.3. The number of rotatable bonds is 4.